The molecule has 2 atom stereocenters. The van der Waals surface area contributed by atoms with Gasteiger partial charge in [0.05, 0.1) is 34.4 Å². The number of rotatable bonds is 9. The molecule has 7 nitrogen and oxygen atoms in total. The average molecular weight is 519 g/mol. The Kier molecular flexibility index (Phi) is 7.33. The van der Waals surface area contributed by atoms with Crippen LogP contribution in [0.5, 0.6) is 11.5 Å². The van der Waals surface area contributed by atoms with Crippen LogP contribution in [0.1, 0.15) is 47.0 Å². The molecular weight excluding hydrogens is 496 g/mol. The second-order valence-electron chi connectivity index (χ2n) is 8.07. The minimum atomic E-state index is -2.78. The molecule has 1 radical (unpaired) electrons. The SMILES string of the molecule is [CH2]CC(C(=O)O)c1ccc(N2C(=O)c3c(c(OCC(F)F)c4ccccc4c3OCC)C2O)c(Cl)c1. The smallest absolute Gasteiger partial charge is 0.310 e. The predicted molar refractivity (Wildman–Crippen MR) is 130 cm³/mol. The zero-order valence-corrected chi connectivity index (χ0v) is 20.0. The van der Waals surface area contributed by atoms with Crippen molar-refractivity contribution in [2.45, 2.75) is 31.9 Å². The van der Waals surface area contributed by atoms with Crippen LogP contribution in [0.25, 0.3) is 10.8 Å². The molecule has 0 aromatic heterocycles. The van der Waals surface area contributed by atoms with Gasteiger partial charge >= 0.3 is 5.97 Å². The normalized spacial score (nSPS) is 15.9. The van der Waals surface area contributed by atoms with Crippen LogP contribution in [-0.4, -0.2) is 41.7 Å². The third-order valence-corrected chi connectivity index (χ3v) is 6.26. The number of alkyl halides is 2. The summed E-state index contributed by atoms with van der Waals surface area (Å²) in [7, 11) is 0. The molecular formula is C26H23ClF2NO6. The van der Waals surface area contributed by atoms with Crippen molar-refractivity contribution in [1.82, 2.24) is 0 Å². The second kappa shape index (κ2) is 10.3. The first-order chi connectivity index (χ1) is 17.2. The molecule has 0 spiro atoms. The Morgan fingerprint density at radius 1 is 1.17 bits per heavy atom. The number of fused-ring (bicyclic) bond motifs is 2. The van der Waals surface area contributed by atoms with Crippen LogP contribution in [-0.2, 0) is 4.79 Å². The van der Waals surface area contributed by atoms with Gasteiger partial charge in [-0.05, 0) is 31.0 Å². The van der Waals surface area contributed by atoms with E-state index in [4.69, 9.17) is 21.1 Å². The summed E-state index contributed by atoms with van der Waals surface area (Å²) in [5.74, 6) is -2.52. The fraction of sp³-hybridized carbons (Fsp3) is 0.269. The Balaban J connectivity index is 1.90. The molecule has 1 aliphatic rings. The highest BCUT2D eigenvalue weighted by molar-refractivity contribution is 6.34. The van der Waals surface area contributed by atoms with E-state index in [1.165, 1.54) is 18.2 Å². The number of aliphatic hydroxyl groups is 1. The number of carboxylic acids is 1. The summed E-state index contributed by atoms with van der Waals surface area (Å²) in [6, 6.07) is 11.0. The lowest BCUT2D eigenvalue weighted by molar-refractivity contribution is -0.138. The number of hydrogen-bond donors (Lipinski definition) is 2. The molecule has 1 amide bonds. The van der Waals surface area contributed by atoms with Crippen LogP contribution in [0.4, 0.5) is 14.5 Å². The Labute approximate surface area is 210 Å². The number of nitrogens with zero attached hydrogens (tertiary/aromatic N) is 1. The molecule has 0 aliphatic carbocycles. The number of amides is 1. The molecule has 36 heavy (non-hydrogen) atoms. The number of benzene rings is 3. The van der Waals surface area contributed by atoms with Crippen LogP contribution in [0.15, 0.2) is 42.5 Å². The zero-order valence-electron chi connectivity index (χ0n) is 19.2. The summed E-state index contributed by atoms with van der Waals surface area (Å²) in [6.07, 6.45) is -4.33. The molecule has 1 heterocycles. The van der Waals surface area contributed by atoms with Gasteiger partial charge in [-0.2, -0.15) is 0 Å². The van der Waals surface area contributed by atoms with Crippen LogP contribution in [0.3, 0.4) is 0 Å². The van der Waals surface area contributed by atoms with Gasteiger partial charge in [-0.25, -0.2) is 8.78 Å². The molecule has 0 bridgehead atoms. The lowest BCUT2D eigenvalue weighted by atomic mass is 9.96. The number of carboxylic acid groups (broad SMARTS) is 1. The van der Waals surface area contributed by atoms with E-state index in [-0.39, 0.29) is 46.4 Å². The highest BCUT2D eigenvalue weighted by atomic mass is 35.5. The minimum Gasteiger partial charge on any atom is -0.492 e. The first kappa shape index (κ1) is 25.7. The monoisotopic (exact) mass is 518 g/mol. The van der Waals surface area contributed by atoms with Crippen molar-refractivity contribution in [3.05, 3.63) is 71.1 Å². The Bertz CT molecular complexity index is 1330. The summed E-state index contributed by atoms with van der Waals surface area (Å²) in [4.78, 5) is 26.2. The number of aliphatic hydroxyl groups excluding tert-OH is 1. The summed E-state index contributed by atoms with van der Waals surface area (Å²) >= 11 is 6.46. The highest BCUT2D eigenvalue weighted by Crippen LogP contribution is 2.51. The first-order valence-electron chi connectivity index (χ1n) is 11.2. The minimum absolute atomic E-state index is 0.0101. The Hall–Kier alpha value is -3.43. The van der Waals surface area contributed by atoms with Crippen LogP contribution in [0, 0.1) is 6.92 Å². The van der Waals surface area contributed by atoms with E-state index in [2.05, 4.69) is 6.92 Å². The number of hydrogen-bond acceptors (Lipinski definition) is 5. The number of aliphatic carboxylic acids is 1. The van der Waals surface area contributed by atoms with Crippen LogP contribution in [0.2, 0.25) is 5.02 Å². The lowest BCUT2D eigenvalue weighted by Gasteiger charge is -2.24. The van der Waals surface area contributed by atoms with Gasteiger partial charge in [0.15, 0.2) is 6.23 Å². The molecule has 189 valence electrons. The summed E-state index contributed by atoms with van der Waals surface area (Å²) in [6.45, 7) is 4.64. The van der Waals surface area contributed by atoms with Crippen molar-refractivity contribution in [2.24, 2.45) is 0 Å². The quantitative estimate of drug-likeness (QED) is 0.384. The summed E-state index contributed by atoms with van der Waals surface area (Å²) < 4.78 is 37.4. The second-order valence-corrected chi connectivity index (χ2v) is 8.47. The lowest BCUT2D eigenvalue weighted by Crippen LogP contribution is -2.28. The number of ether oxygens (including phenoxy) is 2. The van der Waals surface area contributed by atoms with E-state index in [1.807, 2.05) is 0 Å². The number of carbonyl (C=O) groups excluding carboxylic acids is 1. The van der Waals surface area contributed by atoms with Crippen molar-refractivity contribution in [2.75, 3.05) is 18.1 Å². The van der Waals surface area contributed by atoms with Gasteiger partial charge < -0.3 is 19.7 Å². The largest absolute Gasteiger partial charge is 0.492 e. The third kappa shape index (κ3) is 4.33. The fourth-order valence-electron chi connectivity index (χ4n) is 4.42. The van der Waals surface area contributed by atoms with Gasteiger partial charge in [-0.3, -0.25) is 14.5 Å². The van der Waals surface area contributed by atoms with E-state index < -0.39 is 37.1 Å². The molecule has 0 saturated heterocycles. The van der Waals surface area contributed by atoms with Gasteiger partial charge in [0.25, 0.3) is 12.3 Å². The summed E-state index contributed by atoms with van der Waals surface area (Å²) in [5, 5.41) is 21.6. The molecule has 1 aliphatic heterocycles. The number of anilines is 1. The van der Waals surface area contributed by atoms with Crippen molar-refractivity contribution < 1.29 is 38.1 Å². The van der Waals surface area contributed by atoms with E-state index in [0.717, 1.165) is 4.90 Å². The molecule has 4 rings (SSSR count). The number of carbonyl (C=O) groups is 2. The predicted octanol–water partition coefficient (Wildman–Crippen LogP) is 5.58. The van der Waals surface area contributed by atoms with Crippen molar-refractivity contribution in [3.63, 3.8) is 0 Å². The van der Waals surface area contributed by atoms with E-state index in [9.17, 15) is 28.6 Å². The number of halogens is 3. The maximum atomic E-state index is 13.7. The molecule has 10 heteroatoms. The fourth-order valence-corrected chi connectivity index (χ4v) is 4.70. The van der Waals surface area contributed by atoms with Gasteiger partial charge in [0, 0.05) is 10.8 Å². The van der Waals surface area contributed by atoms with Gasteiger partial charge in [-0.15, -0.1) is 0 Å². The van der Waals surface area contributed by atoms with Gasteiger partial charge in [-0.1, -0.05) is 48.9 Å². The van der Waals surface area contributed by atoms with Crippen molar-refractivity contribution in [1.29, 1.82) is 0 Å². The van der Waals surface area contributed by atoms with Gasteiger partial charge in [0.1, 0.15) is 18.1 Å². The van der Waals surface area contributed by atoms with Crippen molar-refractivity contribution >= 4 is 39.9 Å². The molecule has 2 unspecified atom stereocenters. The molecule has 2 N–H and O–H groups in total. The third-order valence-electron chi connectivity index (χ3n) is 5.96. The van der Waals surface area contributed by atoms with Gasteiger partial charge in [0.2, 0.25) is 0 Å². The standard InChI is InChI=1S/C26H23ClF2NO6/c1-3-14(26(33)34)13-9-10-18(17(27)11-13)30-24(31)20-21(25(30)32)23(36-12-19(28)29)16-8-6-5-7-15(16)22(20)35-4-2/h5-11,14,19,25,32H,1,3-4,12H2,2H3,(H,33,34). The Morgan fingerprint density at radius 3 is 2.39 bits per heavy atom. The van der Waals surface area contributed by atoms with E-state index in [0.29, 0.717) is 16.3 Å². The molecule has 0 saturated carbocycles. The highest BCUT2D eigenvalue weighted by Gasteiger charge is 2.44. The Morgan fingerprint density at radius 2 is 1.83 bits per heavy atom. The first-order valence-corrected chi connectivity index (χ1v) is 11.5. The van der Waals surface area contributed by atoms with Crippen LogP contribution >= 0.6 is 11.6 Å². The maximum absolute atomic E-state index is 13.7. The topological polar surface area (TPSA) is 96.3 Å². The van der Waals surface area contributed by atoms with E-state index in [1.54, 1.807) is 31.2 Å². The average Bonchev–Trinajstić information content (AvgIpc) is 3.09. The van der Waals surface area contributed by atoms with Crippen LogP contribution < -0.4 is 14.4 Å². The zero-order chi connectivity index (χ0) is 26.1. The molecule has 3 aromatic rings. The molecule has 3 aromatic carbocycles. The summed E-state index contributed by atoms with van der Waals surface area (Å²) in [5.41, 5.74) is 0.456. The maximum Gasteiger partial charge on any atom is 0.310 e. The van der Waals surface area contributed by atoms with Crippen molar-refractivity contribution in [3.8, 4) is 11.5 Å². The molecule has 0 fully saturated rings. The van der Waals surface area contributed by atoms with E-state index >= 15 is 0 Å².